The molecule has 2 fully saturated rings. The summed E-state index contributed by atoms with van der Waals surface area (Å²) in [7, 11) is 0. The molecule has 2 aliphatic rings. The number of rotatable bonds is 4. The largest absolute Gasteiger partial charge is 0.467 e. The zero-order chi connectivity index (χ0) is 17.1. The molecule has 2 aromatic rings. The van der Waals surface area contributed by atoms with E-state index >= 15 is 0 Å². The number of hydrogen-bond acceptors (Lipinski definition) is 6. The number of nitrogens with zero attached hydrogens (tertiary/aromatic N) is 2. The highest BCUT2D eigenvalue weighted by atomic mass is 16.7. The lowest BCUT2D eigenvalue weighted by molar-refractivity contribution is -0.169. The second-order valence-electron chi connectivity index (χ2n) is 6.26. The summed E-state index contributed by atoms with van der Waals surface area (Å²) >= 11 is 0. The van der Waals surface area contributed by atoms with E-state index < -0.39 is 5.79 Å². The summed E-state index contributed by atoms with van der Waals surface area (Å²) in [5.41, 5.74) is 1.39. The van der Waals surface area contributed by atoms with E-state index in [4.69, 9.17) is 13.9 Å². The number of aromatic nitrogens is 1. The molecule has 4 rings (SSSR count). The van der Waals surface area contributed by atoms with Gasteiger partial charge >= 0.3 is 0 Å². The number of anilines is 1. The van der Waals surface area contributed by atoms with E-state index in [1.54, 1.807) is 18.5 Å². The van der Waals surface area contributed by atoms with Crippen molar-refractivity contribution in [2.24, 2.45) is 0 Å². The van der Waals surface area contributed by atoms with Crippen LogP contribution in [0.25, 0.3) is 0 Å². The zero-order valence-corrected chi connectivity index (χ0v) is 13.9. The molecule has 7 nitrogen and oxygen atoms in total. The molecule has 7 heteroatoms. The van der Waals surface area contributed by atoms with Crippen molar-refractivity contribution >= 4 is 11.6 Å². The first-order valence-corrected chi connectivity index (χ1v) is 8.54. The van der Waals surface area contributed by atoms with Crippen molar-refractivity contribution in [3.63, 3.8) is 0 Å². The van der Waals surface area contributed by atoms with Gasteiger partial charge in [-0.05, 0) is 24.3 Å². The SMILES string of the molecule is O=C(NCc1ccco1)c1cc(N2CCC3(CC2)OCCO3)ccn1. The monoisotopic (exact) mass is 343 g/mol. The number of carbonyl (C=O) groups is 1. The van der Waals surface area contributed by atoms with Gasteiger partial charge < -0.3 is 24.1 Å². The molecule has 0 aliphatic carbocycles. The van der Waals surface area contributed by atoms with Crippen molar-refractivity contribution in [2.45, 2.75) is 25.2 Å². The van der Waals surface area contributed by atoms with Crippen molar-refractivity contribution < 1.29 is 18.7 Å². The molecule has 2 saturated heterocycles. The Morgan fingerprint density at radius 2 is 2.04 bits per heavy atom. The fourth-order valence-electron chi connectivity index (χ4n) is 3.30. The van der Waals surface area contributed by atoms with Crippen LogP contribution in [-0.2, 0) is 16.0 Å². The van der Waals surface area contributed by atoms with Crippen LogP contribution in [0, 0.1) is 0 Å². The third-order valence-electron chi connectivity index (χ3n) is 4.68. The first-order chi connectivity index (χ1) is 12.2. The Labute approximate surface area is 145 Å². The summed E-state index contributed by atoms with van der Waals surface area (Å²) in [5.74, 6) is 0.101. The predicted octanol–water partition coefficient (Wildman–Crippen LogP) is 1.95. The number of amides is 1. The van der Waals surface area contributed by atoms with Gasteiger partial charge in [-0.3, -0.25) is 9.78 Å². The van der Waals surface area contributed by atoms with Crippen molar-refractivity contribution in [3.05, 3.63) is 48.2 Å². The smallest absolute Gasteiger partial charge is 0.270 e. The van der Waals surface area contributed by atoms with Crippen molar-refractivity contribution in [1.29, 1.82) is 0 Å². The average Bonchev–Trinajstić information content (AvgIpc) is 3.33. The molecule has 4 heterocycles. The maximum atomic E-state index is 12.3. The van der Waals surface area contributed by atoms with Gasteiger partial charge in [0, 0.05) is 37.8 Å². The Morgan fingerprint density at radius 1 is 1.24 bits per heavy atom. The van der Waals surface area contributed by atoms with Gasteiger partial charge in [-0.25, -0.2) is 0 Å². The lowest BCUT2D eigenvalue weighted by Gasteiger charge is -2.38. The minimum absolute atomic E-state index is 0.214. The Hall–Kier alpha value is -2.38. The van der Waals surface area contributed by atoms with Crippen LogP contribution in [0.3, 0.4) is 0 Å². The highest BCUT2D eigenvalue weighted by molar-refractivity contribution is 5.93. The number of hydrogen-bond donors (Lipinski definition) is 1. The van der Waals surface area contributed by atoms with E-state index in [-0.39, 0.29) is 5.91 Å². The molecule has 0 bridgehead atoms. The lowest BCUT2D eigenvalue weighted by Crippen LogP contribution is -2.45. The second kappa shape index (κ2) is 6.85. The third kappa shape index (κ3) is 3.52. The minimum atomic E-state index is -0.396. The summed E-state index contributed by atoms with van der Waals surface area (Å²) in [6.45, 7) is 3.36. The van der Waals surface area contributed by atoms with E-state index in [0.717, 1.165) is 31.6 Å². The fraction of sp³-hybridized carbons (Fsp3) is 0.444. The molecule has 2 aliphatic heterocycles. The van der Waals surface area contributed by atoms with Gasteiger partial charge in [0.2, 0.25) is 0 Å². The quantitative estimate of drug-likeness (QED) is 0.914. The number of pyridine rings is 1. The average molecular weight is 343 g/mol. The number of nitrogens with one attached hydrogen (secondary N) is 1. The van der Waals surface area contributed by atoms with Gasteiger partial charge in [0.15, 0.2) is 5.79 Å². The summed E-state index contributed by atoms with van der Waals surface area (Å²) in [6.07, 6.45) is 4.91. The first kappa shape index (κ1) is 16.1. The van der Waals surface area contributed by atoms with Crippen LogP contribution in [0.1, 0.15) is 29.1 Å². The van der Waals surface area contributed by atoms with E-state index in [1.807, 2.05) is 18.2 Å². The van der Waals surface area contributed by atoms with Crippen LogP contribution in [0.5, 0.6) is 0 Å². The summed E-state index contributed by atoms with van der Waals surface area (Å²) in [6, 6.07) is 7.37. The Balaban J connectivity index is 1.38. The van der Waals surface area contributed by atoms with Crippen LogP contribution in [-0.4, -0.2) is 43.0 Å². The summed E-state index contributed by atoms with van der Waals surface area (Å²) in [4.78, 5) is 18.7. The first-order valence-electron chi connectivity index (χ1n) is 8.54. The van der Waals surface area contributed by atoms with Crippen LogP contribution >= 0.6 is 0 Å². The topological polar surface area (TPSA) is 76.8 Å². The van der Waals surface area contributed by atoms with Crippen molar-refractivity contribution in [2.75, 3.05) is 31.2 Å². The normalized spacial score (nSPS) is 19.3. The minimum Gasteiger partial charge on any atom is -0.467 e. The Kier molecular flexibility index (Phi) is 4.42. The highest BCUT2D eigenvalue weighted by Crippen LogP contribution is 2.33. The standard InChI is InChI=1S/C18H21N3O4/c22-17(20-13-15-2-1-9-23-15)16-12-14(3-6-19-16)21-7-4-18(5-8-21)24-10-11-25-18/h1-3,6,9,12H,4-5,7-8,10-11,13H2,(H,20,22). The number of carbonyl (C=O) groups excluding carboxylic acids is 1. The maximum absolute atomic E-state index is 12.3. The van der Waals surface area contributed by atoms with Crippen LogP contribution in [0.15, 0.2) is 41.1 Å². The Bertz CT molecular complexity index is 716. The number of piperidine rings is 1. The second-order valence-corrected chi connectivity index (χ2v) is 6.26. The highest BCUT2D eigenvalue weighted by Gasteiger charge is 2.39. The van der Waals surface area contributed by atoms with Gasteiger partial charge in [-0.2, -0.15) is 0 Å². The van der Waals surface area contributed by atoms with Gasteiger partial charge in [-0.15, -0.1) is 0 Å². The molecule has 132 valence electrons. The summed E-state index contributed by atoms with van der Waals surface area (Å²) in [5, 5.41) is 2.82. The molecule has 0 aromatic carbocycles. The molecular weight excluding hydrogens is 322 g/mol. The molecule has 25 heavy (non-hydrogen) atoms. The Morgan fingerprint density at radius 3 is 2.76 bits per heavy atom. The molecule has 1 spiro atoms. The zero-order valence-electron chi connectivity index (χ0n) is 13.9. The van der Waals surface area contributed by atoms with E-state index in [2.05, 4.69) is 15.2 Å². The molecular formula is C18H21N3O4. The number of ether oxygens (including phenoxy) is 2. The van der Waals surface area contributed by atoms with Gasteiger partial charge in [0.1, 0.15) is 11.5 Å². The molecule has 0 radical (unpaired) electrons. The summed E-state index contributed by atoms with van der Waals surface area (Å²) < 4.78 is 16.7. The molecule has 2 aromatic heterocycles. The number of furan rings is 1. The molecule has 1 N–H and O–H groups in total. The van der Waals surface area contributed by atoms with Crippen LogP contribution < -0.4 is 10.2 Å². The lowest BCUT2D eigenvalue weighted by atomic mass is 10.0. The van der Waals surface area contributed by atoms with Gasteiger partial charge in [0.25, 0.3) is 5.91 Å². The fourth-order valence-corrected chi connectivity index (χ4v) is 3.30. The van der Waals surface area contributed by atoms with Crippen molar-refractivity contribution in [1.82, 2.24) is 10.3 Å². The third-order valence-corrected chi connectivity index (χ3v) is 4.68. The maximum Gasteiger partial charge on any atom is 0.270 e. The van der Waals surface area contributed by atoms with Gasteiger partial charge in [-0.1, -0.05) is 0 Å². The molecule has 1 amide bonds. The van der Waals surface area contributed by atoms with Gasteiger partial charge in [0.05, 0.1) is 26.0 Å². The molecule has 0 unspecified atom stereocenters. The molecule has 0 atom stereocenters. The van der Waals surface area contributed by atoms with Crippen molar-refractivity contribution in [3.8, 4) is 0 Å². The van der Waals surface area contributed by atoms with Crippen LogP contribution in [0.4, 0.5) is 5.69 Å². The van der Waals surface area contributed by atoms with Crippen LogP contribution in [0.2, 0.25) is 0 Å². The van der Waals surface area contributed by atoms with E-state index in [9.17, 15) is 4.79 Å². The molecule has 0 saturated carbocycles. The predicted molar refractivity (Wildman–Crippen MR) is 90.2 cm³/mol. The van der Waals surface area contributed by atoms with E-state index in [1.165, 1.54) is 0 Å². The van der Waals surface area contributed by atoms with E-state index in [0.29, 0.717) is 31.2 Å².